The van der Waals surface area contributed by atoms with E-state index in [2.05, 4.69) is 44.1 Å². The molecule has 3 rings (SSSR count). The largest absolute Gasteiger partial charge is 0.315 e. The Balaban J connectivity index is 1.53. The molecule has 0 radical (unpaired) electrons. The molecule has 0 spiro atoms. The van der Waals surface area contributed by atoms with Gasteiger partial charge in [-0.3, -0.25) is 4.98 Å². The van der Waals surface area contributed by atoms with Gasteiger partial charge in [-0.2, -0.15) is 0 Å². The van der Waals surface area contributed by atoms with Gasteiger partial charge in [0.15, 0.2) is 0 Å². The second kappa shape index (κ2) is 6.13. The van der Waals surface area contributed by atoms with Crippen LogP contribution in [0.25, 0.3) is 0 Å². The maximum Gasteiger partial charge on any atom is 0.133 e. The molecule has 0 fully saturated rings. The normalized spacial score (nSPS) is 17.9. The molecule has 5 nitrogen and oxygen atoms in total. The molecule has 2 aromatic rings. The molecule has 1 N–H and O–H groups in total. The molecule has 0 bridgehead atoms. The molecule has 3 heterocycles. The molecule has 5 heteroatoms. The summed E-state index contributed by atoms with van der Waals surface area (Å²) in [4.78, 5) is 4.04. The lowest BCUT2D eigenvalue weighted by Gasteiger charge is -2.24. The van der Waals surface area contributed by atoms with Crippen molar-refractivity contribution in [2.75, 3.05) is 6.54 Å². The molecule has 1 aliphatic rings. The van der Waals surface area contributed by atoms with Gasteiger partial charge in [0.25, 0.3) is 0 Å². The maximum atomic E-state index is 4.28. The van der Waals surface area contributed by atoms with Crippen molar-refractivity contribution < 1.29 is 0 Å². The molecule has 0 aliphatic carbocycles. The van der Waals surface area contributed by atoms with E-state index in [-0.39, 0.29) is 0 Å². The van der Waals surface area contributed by atoms with Crippen LogP contribution in [-0.2, 0) is 25.9 Å². The summed E-state index contributed by atoms with van der Waals surface area (Å²) >= 11 is 0. The Labute approximate surface area is 119 Å². The molecule has 2 aromatic heterocycles. The lowest BCUT2D eigenvalue weighted by atomic mass is 9.99. The van der Waals surface area contributed by atoms with Gasteiger partial charge >= 0.3 is 0 Å². The van der Waals surface area contributed by atoms with Crippen LogP contribution in [0.5, 0.6) is 0 Å². The van der Waals surface area contributed by atoms with Gasteiger partial charge in [-0.05, 0) is 36.6 Å². The minimum atomic E-state index is 0.672. The van der Waals surface area contributed by atoms with Crippen molar-refractivity contribution in [2.45, 2.75) is 39.3 Å². The molecule has 106 valence electrons. The number of hydrogen-bond donors (Lipinski definition) is 1. The Morgan fingerprint density at radius 2 is 2.15 bits per heavy atom. The Bertz CT molecular complexity index is 535. The SMILES string of the molecule is CCc1nnc2n1C[C@@H](CNCc1ccncc1)CC2. The Kier molecular flexibility index (Phi) is 4.06. The van der Waals surface area contributed by atoms with Crippen molar-refractivity contribution in [3.63, 3.8) is 0 Å². The van der Waals surface area contributed by atoms with Crippen molar-refractivity contribution >= 4 is 0 Å². The van der Waals surface area contributed by atoms with E-state index in [0.717, 1.165) is 44.1 Å². The highest BCUT2D eigenvalue weighted by molar-refractivity contribution is 5.09. The van der Waals surface area contributed by atoms with Crippen LogP contribution in [-0.4, -0.2) is 26.3 Å². The number of pyridine rings is 1. The van der Waals surface area contributed by atoms with Crippen molar-refractivity contribution in [3.8, 4) is 0 Å². The number of rotatable bonds is 5. The van der Waals surface area contributed by atoms with Crippen LogP contribution in [0.2, 0.25) is 0 Å². The van der Waals surface area contributed by atoms with Crippen LogP contribution in [0.4, 0.5) is 0 Å². The van der Waals surface area contributed by atoms with E-state index >= 15 is 0 Å². The Morgan fingerprint density at radius 3 is 2.95 bits per heavy atom. The van der Waals surface area contributed by atoms with E-state index < -0.39 is 0 Å². The van der Waals surface area contributed by atoms with Crippen LogP contribution in [0, 0.1) is 5.92 Å². The number of hydrogen-bond acceptors (Lipinski definition) is 4. The van der Waals surface area contributed by atoms with Crippen molar-refractivity contribution in [1.29, 1.82) is 0 Å². The zero-order chi connectivity index (χ0) is 13.8. The van der Waals surface area contributed by atoms with E-state index in [4.69, 9.17) is 0 Å². The molecule has 20 heavy (non-hydrogen) atoms. The van der Waals surface area contributed by atoms with Gasteiger partial charge < -0.3 is 9.88 Å². The van der Waals surface area contributed by atoms with Crippen LogP contribution in [0.1, 0.15) is 30.6 Å². The van der Waals surface area contributed by atoms with E-state index in [0.29, 0.717) is 5.92 Å². The monoisotopic (exact) mass is 271 g/mol. The first-order valence-corrected chi connectivity index (χ1v) is 7.37. The second-order valence-electron chi connectivity index (χ2n) is 5.39. The van der Waals surface area contributed by atoms with E-state index in [1.165, 1.54) is 12.0 Å². The predicted octanol–water partition coefficient (Wildman–Crippen LogP) is 1.59. The minimum absolute atomic E-state index is 0.672. The molecule has 0 saturated carbocycles. The molecule has 0 aromatic carbocycles. The van der Waals surface area contributed by atoms with Gasteiger partial charge in [-0.1, -0.05) is 6.92 Å². The van der Waals surface area contributed by atoms with Crippen LogP contribution in [0.3, 0.4) is 0 Å². The number of aromatic nitrogens is 4. The van der Waals surface area contributed by atoms with Crippen molar-refractivity contribution in [3.05, 3.63) is 41.7 Å². The summed E-state index contributed by atoms with van der Waals surface area (Å²) < 4.78 is 2.31. The summed E-state index contributed by atoms with van der Waals surface area (Å²) in [5.41, 5.74) is 1.29. The van der Waals surface area contributed by atoms with Gasteiger partial charge in [0, 0.05) is 38.3 Å². The summed E-state index contributed by atoms with van der Waals surface area (Å²) in [5.74, 6) is 2.96. The highest BCUT2D eigenvalue weighted by Gasteiger charge is 2.21. The third-order valence-corrected chi connectivity index (χ3v) is 3.95. The average molecular weight is 271 g/mol. The van der Waals surface area contributed by atoms with Crippen LogP contribution < -0.4 is 5.32 Å². The van der Waals surface area contributed by atoms with Crippen molar-refractivity contribution in [2.24, 2.45) is 5.92 Å². The Morgan fingerprint density at radius 1 is 1.30 bits per heavy atom. The van der Waals surface area contributed by atoms with E-state index in [1.807, 2.05) is 12.4 Å². The number of aryl methyl sites for hydroxylation is 2. The third kappa shape index (κ3) is 2.88. The number of nitrogens with zero attached hydrogens (tertiary/aromatic N) is 4. The first-order valence-electron chi connectivity index (χ1n) is 7.37. The zero-order valence-electron chi connectivity index (χ0n) is 11.9. The number of fused-ring (bicyclic) bond motifs is 1. The highest BCUT2D eigenvalue weighted by atomic mass is 15.3. The molecule has 1 aliphatic heterocycles. The standard InChI is InChI=1S/C15H21N5/c1-2-14-18-19-15-4-3-13(11-20(14)15)10-17-9-12-5-7-16-8-6-12/h5-8,13,17H,2-4,9-11H2,1H3/t13-/m1/s1. The smallest absolute Gasteiger partial charge is 0.133 e. The summed E-state index contributed by atoms with van der Waals surface area (Å²) in [6, 6.07) is 4.11. The number of nitrogens with one attached hydrogen (secondary N) is 1. The quantitative estimate of drug-likeness (QED) is 0.897. The predicted molar refractivity (Wildman–Crippen MR) is 77.2 cm³/mol. The zero-order valence-corrected chi connectivity index (χ0v) is 11.9. The fraction of sp³-hybridized carbons (Fsp3) is 0.533. The topological polar surface area (TPSA) is 55.6 Å². The fourth-order valence-corrected chi connectivity index (χ4v) is 2.80. The van der Waals surface area contributed by atoms with Gasteiger partial charge in [0.2, 0.25) is 0 Å². The summed E-state index contributed by atoms with van der Waals surface area (Å²) in [5, 5.41) is 12.1. The Hall–Kier alpha value is -1.75. The van der Waals surface area contributed by atoms with Gasteiger partial charge in [-0.25, -0.2) is 0 Å². The lowest BCUT2D eigenvalue weighted by molar-refractivity contribution is 0.342. The van der Waals surface area contributed by atoms with Gasteiger partial charge in [-0.15, -0.1) is 10.2 Å². The first kappa shape index (κ1) is 13.2. The molecular weight excluding hydrogens is 250 g/mol. The molecule has 0 saturated heterocycles. The summed E-state index contributed by atoms with van der Waals surface area (Å²) in [6.07, 6.45) is 6.90. The average Bonchev–Trinajstić information content (AvgIpc) is 2.91. The molecule has 1 atom stereocenters. The van der Waals surface area contributed by atoms with E-state index in [1.54, 1.807) is 0 Å². The second-order valence-corrected chi connectivity index (χ2v) is 5.39. The summed E-state index contributed by atoms with van der Waals surface area (Å²) in [7, 11) is 0. The molecular formula is C15H21N5. The van der Waals surface area contributed by atoms with E-state index in [9.17, 15) is 0 Å². The minimum Gasteiger partial charge on any atom is -0.315 e. The molecule has 0 unspecified atom stereocenters. The van der Waals surface area contributed by atoms with Gasteiger partial charge in [0.05, 0.1) is 0 Å². The molecule has 0 amide bonds. The summed E-state index contributed by atoms with van der Waals surface area (Å²) in [6.45, 7) is 5.15. The van der Waals surface area contributed by atoms with Crippen LogP contribution >= 0.6 is 0 Å². The van der Waals surface area contributed by atoms with Crippen molar-refractivity contribution in [1.82, 2.24) is 25.1 Å². The maximum absolute atomic E-state index is 4.28. The van der Waals surface area contributed by atoms with Crippen LogP contribution in [0.15, 0.2) is 24.5 Å². The van der Waals surface area contributed by atoms with Gasteiger partial charge in [0.1, 0.15) is 11.6 Å². The first-order chi connectivity index (χ1) is 9.86. The third-order valence-electron chi connectivity index (χ3n) is 3.95. The lowest BCUT2D eigenvalue weighted by Crippen LogP contribution is -2.30. The fourth-order valence-electron chi connectivity index (χ4n) is 2.80. The highest BCUT2D eigenvalue weighted by Crippen LogP contribution is 2.19.